The first-order chi connectivity index (χ1) is 8.04. The number of amides is 2. The van der Waals surface area contributed by atoms with Crippen molar-refractivity contribution < 1.29 is 4.79 Å². The number of anilines is 1. The highest BCUT2D eigenvalue weighted by Gasteiger charge is 2.10. The molecule has 1 atom stereocenters. The standard InChI is InChI=1S/C14H22N2O/c1-5-11(4)12-8-6-7-9-13(12)16-14(17)15-10(2)3/h6-11H,5H2,1-4H3,(H2,15,16,17). The Labute approximate surface area is 104 Å². The summed E-state index contributed by atoms with van der Waals surface area (Å²) in [6.45, 7) is 8.21. The predicted octanol–water partition coefficient (Wildman–Crippen LogP) is 3.73. The molecule has 94 valence electrons. The first-order valence-electron chi connectivity index (χ1n) is 6.21. The Balaban J connectivity index is 2.80. The molecule has 1 rings (SSSR count). The summed E-state index contributed by atoms with van der Waals surface area (Å²) >= 11 is 0. The van der Waals surface area contributed by atoms with Gasteiger partial charge < -0.3 is 10.6 Å². The third-order valence-electron chi connectivity index (χ3n) is 2.77. The number of carbonyl (C=O) groups is 1. The van der Waals surface area contributed by atoms with Crippen molar-refractivity contribution in [3.63, 3.8) is 0 Å². The Hall–Kier alpha value is -1.51. The molecule has 0 fully saturated rings. The maximum absolute atomic E-state index is 11.7. The van der Waals surface area contributed by atoms with E-state index in [-0.39, 0.29) is 12.1 Å². The summed E-state index contributed by atoms with van der Waals surface area (Å²) in [5.74, 6) is 0.450. The van der Waals surface area contributed by atoms with Crippen LogP contribution in [0.4, 0.5) is 10.5 Å². The number of rotatable bonds is 4. The maximum atomic E-state index is 11.7. The molecule has 3 nitrogen and oxygen atoms in total. The second kappa shape index (κ2) is 6.28. The first-order valence-corrected chi connectivity index (χ1v) is 6.21. The van der Waals surface area contributed by atoms with E-state index in [1.54, 1.807) is 0 Å². The molecule has 0 saturated carbocycles. The lowest BCUT2D eigenvalue weighted by Gasteiger charge is -2.16. The first kappa shape index (κ1) is 13.6. The average Bonchev–Trinajstić information content (AvgIpc) is 2.27. The van der Waals surface area contributed by atoms with Crippen molar-refractivity contribution in [1.82, 2.24) is 5.32 Å². The molecule has 0 spiro atoms. The van der Waals surface area contributed by atoms with E-state index in [9.17, 15) is 4.79 Å². The van der Waals surface area contributed by atoms with Gasteiger partial charge in [0.15, 0.2) is 0 Å². The molecule has 0 aliphatic carbocycles. The van der Waals surface area contributed by atoms with Crippen LogP contribution in [0.25, 0.3) is 0 Å². The monoisotopic (exact) mass is 234 g/mol. The van der Waals surface area contributed by atoms with Crippen LogP contribution < -0.4 is 10.6 Å². The number of nitrogens with one attached hydrogen (secondary N) is 2. The highest BCUT2D eigenvalue weighted by molar-refractivity contribution is 5.90. The molecular formula is C14H22N2O. The van der Waals surface area contributed by atoms with Crippen molar-refractivity contribution in [2.75, 3.05) is 5.32 Å². The average molecular weight is 234 g/mol. The van der Waals surface area contributed by atoms with Crippen LogP contribution in [0.2, 0.25) is 0 Å². The Morgan fingerprint density at radius 2 is 1.88 bits per heavy atom. The van der Waals surface area contributed by atoms with E-state index in [4.69, 9.17) is 0 Å². The minimum absolute atomic E-state index is 0.143. The summed E-state index contributed by atoms with van der Waals surface area (Å²) in [7, 11) is 0. The van der Waals surface area contributed by atoms with E-state index in [0.717, 1.165) is 12.1 Å². The Bertz CT molecular complexity index is 374. The van der Waals surface area contributed by atoms with Crippen LogP contribution >= 0.6 is 0 Å². The van der Waals surface area contributed by atoms with Gasteiger partial charge in [0.2, 0.25) is 0 Å². The fourth-order valence-electron chi connectivity index (χ4n) is 1.68. The van der Waals surface area contributed by atoms with E-state index < -0.39 is 0 Å². The van der Waals surface area contributed by atoms with Crippen molar-refractivity contribution in [2.45, 2.75) is 46.1 Å². The molecule has 17 heavy (non-hydrogen) atoms. The molecule has 0 bridgehead atoms. The van der Waals surface area contributed by atoms with Gasteiger partial charge in [0.25, 0.3) is 0 Å². The largest absolute Gasteiger partial charge is 0.336 e. The third-order valence-corrected chi connectivity index (χ3v) is 2.77. The zero-order chi connectivity index (χ0) is 12.8. The fourth-order valence-corrected chi connectivity index (χ4v) is 1.68. The van der Waals surface area contributed by atoms with Gasteiger partial charge in [-0.3, -0.25) is 0 Å². The van der Waals surface area contributed by atoms with Gasteiger partial charge >= 0.3 is 6.03 Å². The van der Waals surface area contributed by atoms with Gasteiger partial charge in [-0.05, 0) is 37.8 Å². The molecular weight excluding hydrogens is 212 g/mol. The molecule has 0 heterocycles. The molecule has 1 unspecified atom stereocenters. The van der Waals surface area contributed by atoms with Gasteiger partial charge in [-0.2, -0.15) is 0 Å². The smallest absolute Gasteiger partial charge is 0.319 e. The van der Waals surface area contributed by atoms with Crippen molar-refractivity contribution in [2.24, 2.45) is 0 Å². The normalized spacial score (nSPS) is 12.3. The fraction of sp³-hybridized carbons (Fsp3) is 0.500. The molecule has 2 N–H and O–H groups in total. The summed E-state index contributed by atoms with van der Waals surface area (Å²) in [4.78, 5) is 11.7. The van der Waals surface area contributed by atoms with Crippen LogP contribution in [0.1, 0.15) is 45.6 Å². The Morgan fingerprint density at radius 1 is 1.24 bits per heavy atom. The maximum Gasteiger partial charge on any atom is 0.319 e. The van der Waals surface area contributed by atoms with E-state index in [1.165, 1.54) is 5.56 Å². The van der Waals surface area contributed by atoms with Gasteiger partial charge in [0, 0.05) is 11.7 Å². The molecule has 0 aliphatic heterocycles. The number of carbonyl (C=O) groups excluding carboxylic acids is 1. The van der Waals surface area contributed by atoms with Crippen molar-refractivity contribution >= 4 is 11.7 Å². The van der Waals surface area contributed by atoms with Crippen LogP contribution in [0, 0.1) is 0 Å². The summed E-state index contributed by atoms with van der Waals surface area (Å²) in [6, 6.07) is 7.96. The van der Waals surface area contributed by atoms with Gasteiger partial charge in [0.05, 0.1) is 0 Å². The second-order valence-electron chi connectivity index (χ2n) is 4.65. The lowest BCUT2D eigenvalue weighted by atomic mass is 9.97. The van der Waals surface area contributed by atoms with E-state index >= 15 is 0 Å². The summed E-state index contributed by atoms with van der Waals surface area (Å²) in [5.41, 5.74) is 2.09. The van der Waals surface area contributed by atoms with Gasteiger partial charge in [-0.1, -0.05) is 32.0 Å². The second-order valence-corrected chi connectivity index (χ2v) is 4.65. The molecule has 1 aromatic rings. The van der Waals surface area contributed by atoms with E-state index in [1.807, 2.05) is 32.0 Å². The lowest BCUT2D eigenvalue weighted by Crippen LogP contribution is -2.34. The summed E-state index contributed by atoms with van der Waals surface area (Å²) in [6.07, 6.45) is 1.06. The predicted molar refractivity (Wildman–Crippen MR) is 72.4 cm³/mol. The zero-order valence-corrected chi connectivity index (χ0v) is 11.1. The molecule has 0 radical (unpaired) electrons. The van der Waals surface area contributed by atoms with E-state index in [2.05, 4.69) is 30.5 Å². The van der Waals surface area contributed by atoms with Crippen molar-refractivity contribution in [3.8, 4) is 0 Å². The quantitative estimate of drug-likeness (QED) is 0.818. The highest BCUT2D eigenvalue weighted by atomic mass is 16.2. The molecule has 3 heteroatoms. The van der Waals surface area contributed by atoms with Crippen molar-refractivity contribution in [3.05, 3.63) is 29.8 Å². The Morgan fingerprint density at radius 3 is 2.47 bits per heavy atom. The number of hydrogen-bond acceptors (Lipinski definition) is 1. The SMILES string of the molecule is CCC(C)c1ccccc1NC(=O)NC(C)C. The number of benzene rings is 1. The molecule has 2 amide bonds. The van der Waals surface area contributed by atoms with Gasteiger partial charge in [-0.25, -0.2) is 4.79 Å². The van der Waals surface area contributed by atoms with Gasteiger partial charge in [0.1, 0.15) is 0 Å². The Kier molecular flexibility index (Phi) is 5.01. The number of para-hydroxylation sites is 1. The van der Waals surface area contributed by atoms with Crippen LogP contribution in [0.3, 0.4) is 0 Å². The zero-order valence-electron chi connectivity index (χ0n) is 11.1. The lowest BCUT2D eigenvalue weighted by molar-refractivity contribution is 0.250. The summed E-state index contributed by atoms with van der Waals surface area (Å²) in [5, 5.41) is 5.73. The summed E-state index contributed by atoms with van der Waals surface area (Å²) < 4.78 is 0. The van der Waals surface area contributed by atoms with Crippen LogP contribution in [-0.2, 0) is 0 Å². The van der Waals surface area contributed by atoms with E-state index in [0.29, 0.717) is 5.92 Å². The molecule has 0 saturated heterocycles. The molecule has 0 aromatic heterocycles. The van der Waals surface area contributed by atoms with Crippen LogP contribution in [0.5, 0.6) is 0 Å². The number of hydrogen-bond donors (Lipinski definition) is 2. The van der Waals surface area contributed by atoms with Gasteiger partial charge in [-0.15, -0.1) is 0 Å². The minimum atomic E-state index is -0.143. The van der Waals surface area contributed by atoms with Crippen LogP contribution in [0.15, 0.2) is 24.3 Å². The molecule has 1 aromatic carbocycles. The topological polar surface area (TPSA) is 41.1 Å². The number of urea groups is 1. The molecule has 0 aliphatic rings. The third kappa shape index (κ3) is 4.10. The van der Waals surface area contributed by atoms with Crippen molar-refractivity contribution in [1.29, 1.82) is 0 Å². The minimum Gasteiger partial charge on any atom is -0.336 e. The van der Waals surface area contributed by atoms with Crippen LogP contribution in [-0.4, -0.2) is 12.1 Å². The highest BCUT2D eigenvalue weighted by Crippen LogP contribution is 2.26.